The van der Waals surface area contributed by atoms with Gasteiger partial charge in [-0.1, -0.05) is 30.3 Å². The van der Waals surface area contributed by atoms with Gasteiger partial charge in [0, 0.05) is 16.7 Å². The van der Waals surface area contributed by atoms with Crippen LogP contribution in [0.25, 0.3) is 5.57 Å². The lowest BCUT2D eigenvalue weighted by Gasteiger charge is -2.01. The summed E-state index contributed by atoms with van der Waals surface area (Å²) in [6, 6.07) is 12.8. The van der Waals surface area contributed by atoms with Crippen molar-refractivity contribution in [2.45, 2.75) is 6.18 Å². The molecule has 0 atom stereocenters. The molecule has 7 heteroatoms. The third-order valence-electron chi connectivity index (χ3n) is 3.07. The van der Waals surface area contributed by atoms with Gasteiger partial charge in [-0.2, -0.15) is 29.0 Å². The van der Waals surface area contributed by atoms with Gasteiger partial charge in [0.25, 0.3) is 0 Å². The Morgan fingerprint density at radius 3 is 1.91 bits per heavy atom. The maximum atomic E-state index is 13.0. The normalized spacial score (nSPS) is 19.9. The molecule has 1 aliphatic rings. The minimum Gasteiger partial charge on any atom is -0.192 e. The lowest BCUT2D eigenvalue weighted by molar-refractivity contribution is -0.0875. The standard InChI is InChI=1S/C16H5BrF3N3/c17-12(8-23)15-13(14(15)11(7-22)16(18,19)20)10(6-21)9-4-2-1-3-5-9/h1-5H/b13-10-,14-11?,15-12-. The lowest BCUT2D eigenvalue weighted by atomic mass is 10.1. The minimum absolute atomic E-state index is 0.0141. The topological polar surface area (TPSA) is 71.4 Å². The molecule has 1 aromatic carbocycles. The Bertz CT molecular complexity index is 886. The number of halogens is 4. The van der Waals surface area contributed by atoms with E-state index in [9.17, 15) is 18.4 Å². The van der Waals surface area contributed by atoms with Crippen LogP contribution in [0.3, 0.4) is 0 Å². The molecule has 2 rings (SSSR count). The van der Waals surface area contributed by atoms with E-state index in [0.717, 1.165) is 6.07 Å². The van der Waals surface area contributed by atoms with Gasteiger partial charge in [0.1, 0.15) is 28.3 Å². The van der Waals surface area contributed by atoms with Crippen molar-refractivity contribution in [2.75, 3.05) is 0 Å². The smallest absolute Gasteiger partial charge is 0.192 e. The van der Waals surface area contributed by atoms with Crippen LogP contribution >= 0.6 is 15.9 Å². The summed E-state index contributed by atoms with van der Waals surface area (Å²) in [5.74, 6) is 0. The van der Waals surface area contributed by atoms with Crippen LogP contribution in [0.1, 0.15) is 5.56 Å². The highest BCUT2D eigenvalue weighted by Crippen LogP contribution is 2.55. The van der Waals surface area contributed by atoms with E-state index in [-0.39, 0.29) is 21.2 Å². The second-order valence-corrected chi connectivity index (χ2v) is 5.18. The number of hydrogen-bond donors (Lipinski definition) is 0. The third-order valence-corrected chi connectivity index (χ3v) is 3.65. The van der Waals surface area contributed by atoms with Crippen molar-refractivity contribution in [3.05, 3.63) is 62.7 Å². The van der Waals surface area contributed by atoms with Crippen LogP contribution in [-0.2, 0) is 0 Å². The molecule has 1 aromatic rings. The largest absolute Gasteiger partial charge is 0.426 e. The number of nitrogens with zero attached hydrogens (tertiary/aromatic N) is 3. The fraction of sp³-hybridized carbons (Fsp3) is 0.0625. The molecular formula is C16H5BrF3N3. The molecule has 3 nitrogen and oxygen atoms in total. The number of benzene rings is 1. The summed E-state index contributed by atoms with van der Waals surface area (Å²) >= 11 is 2.88. The quantitative estimate of drug-likeness (QED) is 0.676. The van der Waals surface area contributed by atoms with Crippen LogP contribution in [0.5, 0.6) is 0 Å². The zero-order chi connectivity index (χ0) is 17.2. The van der Waals surface area contributed by atoms with E-state index in [1.54, 1.807) is 36.4 Å². The zero-order valence-corrected chi connectivity index (χ0v) is 12.8. The Kier molecular flexibility index (Phi) is 4.40. The Morgan fingerprint density at radius 2 is 1.48 bits per heavy atom. The summed E-state index contributed by atoms with van der Waals surface area (Å²) in [4.78, 5) is 0. The van der Waals surface area contributed by atoms with Crippen LogP contribution < -0.4 is 0 Å². The van der Waals surface area contributed by atoms with Gasteiger partial charge < -0.3 is 0 Å². The number of nitriles is 3. The van der Waals surface area contributed by atoms with Crippen molar-refractivity contribution in [3.63, 3.8) is 0 Å². The second kappa shape index (κ2) is 6.12. The summed E-state index contributed by atoms with van der Waals surface area (Å²) in [5.41, 5.74) is -1.51. The third kappa shape index (κ3) is 3.04. The molecule has 0 N–H and O–H groups in total. The molecule has 1 aliphatic carbocycles. The average Bonchev–Trinajstić information content (AvgIpc) is 3.22. The molecule has 0 aliphatic heterocycles. The van der Waals surface area contributed by atoms with Crippen molar-refractivity contribution in [1.29, 1.82) is 15.8 Å². The van der Waals surface area contributed by atoms with Crippen molar-refractivity contribution >= 4 is 21.5 Å². The van der Waals surface area contributed by atoms with Crippen molar-refractivity contribution in [1.82, 2.24) is 0 Å². The lowest BCUT2D eigenvalue weighted by Crippen LogP contribution is -2.10. The highest BCUT2D eigenvalue weighted by atomic mass is 79.9. The van der Waals surface area contributed by atoms with Gasteiger partial charge in [0.2, 0.25) is 0 Å². The summed E-state index contributed by atoms with van der Waals surface area (Å²) in [6.07, 6.45) is -4.86. The van der Waals surface area contributed by atoms with Gasteiger partial charge in [0.15, 0.2) is 0 Å². The molecule has 0 bridgehead atoms. The van der Waals surface area contributed by atoms with Crippen LogP contribution in [0.15, 0.2) is 57.1 Å². The first-order valence-corrected chi connectivity index (χ1v) is 6.88. The molecule has 1 saturated carbocycles. The molecule has 0 amide bonds. The van der Waals surface area contributed by atoms with E-state index in [1.807, 2.05) is 6.07 Å². The summed E-state index contributed by atoms with van der Waals surface area (Å²) in [5, 5.41) is 27.1. The van der Waals surface area contributed by atoms with Crippen LogP contribution in [-0.4, -0.2) is 6.18 Å². The van der Waals surface area contributed by atoms with Gasteiger partial charge in [-0.05, 0) is 21.5 Å². The second-order valence-electron chi connectivity index (χ2n) is 4.39. The van der Waals surface area contributed by atoms with Crippen LogP contribution in [0.2, 0.25) is 0 Å². The maximum absolute atomic E-state index is 13.0. The Balaban J connectivity index is 2.84. The SMILES string of the molecule is N#CC(=C1C(=C(\Br)C#N)/C1=C(/C#N)c1ccccc1)C(F)(F)F. The Hall–Kier alpha value is -2.82. The Labute approximate surface area is 138 Å². The molecule has 0 saturated heterocycles. The highest BCUT2D eigenvalue weighted by molar-refractivity contribution is 9.12. The van der Waals surface area contributed by atoms with Gasteiger partial charge in [-0.15, -0.1) is 0 Å². The van der Waals surface area contributed by atoms with E-state index < -0.39 is 17.3 Å². The van der Waals surface area contributed by atoms with E-state index >= 15 is 0 Å². The summed E-state index contributed by atoms with van der Waals surface area (Å²) in [7, 11) is 0. The van der Waals surface area contributed by atoms with E-state index in [0.29, 0.717) is 5.56 Å². The van der Waals surface area contributed by atoms with Gasteiger partial charge in [-0.3, -0.25) is 0 Å². The molecule has 0 aromatic heterocycles. The molecule has 0 radical (unpaired) electrons. The number of rotatable bonds is 1. The molecular weight excluding hydrogens is 371 g/mol. The van der Waals surface area contributed by atoms with Crippen LogP contribution in [0, 0.1) is 34.0 Å². The molecule has 0 heterocycles. The number of alkyl halides is 3. The van der Waals surface area contributed by atoms with Crippen molar-refractivity contribution in [3.8, 4) is 18.2 Å². The minimum atomic E-state index is -4.86. The van der Waals surface area contributed by atoms with Gasteiger partial charge >= 0.3 is 6.18 Å². The number of allylic oxidation sites excluding steroid dienone is 6. The predicted molar refractivity (Wildman–Crippen MR) is 79.2 cm³/mol. The van der Waals surface area contributed by atoms with Crippen LogP contribution in [0.4, 0.5) is 13.2 Å². The zero-order valence-electron chi connectivity index (χ0n) is 11.2. The van der Waals surface area contributed by atoms with Gasteiger partial charge in [0.05, 0.1) is 5.57 Å². The monoisotopic (exact) mass is 375 g/mol. The predicted octanol–water partition coefficient (Wildman–Crippen LogP) is 4.53. The molecule has 0 unspecified atom stereocenters. The number of hydrogen-bond acceptors (Lipinski definition) is 3. The first-order valence-electron chi connectivity index (χ1n) is 6.09. The first kappa shape index (κ1) is 16.5. The van der Waals surface area contributed by atoms with E-state index in [2.05, 4.69) is 15.9 Å². The molecule has 112 valence electrons. The summed E-state index contributed by atoms with van der Waals surface area (Å²) in [6.45, 7) is 0. The first-order chi connectivity index (χ1) is 10.9. The average molecular weight is 376 g/mol. The Morgan fingerprint density at radius 1 is 0.870 bits per heavy atom. The molecule has 0 spiro atoms. The molecule has 1 fully saturated rings. The fourth-order valence-electron chi connectivity index (χ4n) is 2.09. The van der Waals surface area contributed by atoms with E-state index in [1.165, 1.54) is 0 Å². The van der Waals surface area contributed by atoms with E-state index in [4.69, 9.17) is 10.5 Å². The maximum Gasteiger partial charge on any atom is 0.426 e. The fourth-order valence-corrected chi connectivity index (χ4v) is 2.49. The van der Waals surface area contributed by atoms with Crippen molar-refractivity contribution < 1.29 is 13.2 Å². The van der Waals surface area contributed by atoms with Gasteiger partial charge in [-0.25, -0.2) is 0 Å². The highest BCUT2D eigenvalue weighted by Gasteiger charge is 2.48. The van der Waals surface area contributed by atoms with Crippen molar-refractivity contribution in [2.24, 2.45) is 0 Å². The summed E-state index contributed by atoms with van der Waals surface area (Å²) < 4.78 is 38.8. The molecule has 23 heavy (non-hydrogen) atoms.